The van der Waals surface area contributed by atoms with Crippen molar-refractivity contribution in [1.82, 2.24) is 0 Å². The van der Waals surface area contributed by atoms with Gasteiger partial charge in [-0.15, -0.1) is 0 Å². The predicted octanol–water partition coefficient (Wildman–Crippen LogP) is 0.683. The third kappa shape index (κ3) is 14.2. The van der Waals surface area contributed by atoms with Crippen LogP contribution in [0.3, 0.4) is 0 Å². The summed E-state index contributed by atoms with van der Waals surface area (Å²) in [5.74, 6) is -1.61. The van der Waals surface area contributed by atoms with Gasteiger partial charge in [-0.25, -0.2) is 0 Å². The summed E-state index contributed by atoms with van der Waals surface area (Å²) < 4.78 is 3.36. The molecule has 0 bridgehead atoms. The van der Waals surface area contributed by atoms with E-state index in [-0.39, 0.29) is 0 Å². The Balaban J connectivity index is 0. The van der Waals surface area contributed by atoms with Crippen molar-refractivity contribution in [1.29, 1.82) is 0 Å². The maximum atomic E-state index is 9.82. The van der Waals surface area contributed by atoms with Crippen molar-refractivity contribution in [2.75, 3.05) is 0 Å². The largest absolute Gasteiger partial charge is 0.481 e. The molecule has 0 saturated carbocycles. The van der Waals surface area contributed by atoms with E-state index in [1.807, 2.05) is 6.92 Å². The van der Waals surface area contributed by atoms with Crippen LogP contribution in [-0.2, 0) is 9.59 Å². The Morgan fingerprint density at radius 3 is 1.92 bits per heavy atom. The van der Waals surface area contributed by atoms with E-state index in [1.54, 1.807) is 0 Å². The minimum Gasteiger partial charge on any atom is -0.481 e. The first-order valence-electron chi connectivity index (χ1n) is 3.72. The van der Waals surface area contributed by atoms with Crippen LogP contribution in [0.4, 0.5) is 0 Å². The average molecular weight is 254 g/mol. The number of carboxylic acid groups (broad SMARTS) is 2. The smallest absolute Gasteiger partial charge is 0.303 e. The third-order valence-electron chi connectivity index (χ3n) is 0.979. The van der Waals surface area contributed by atoms with E-state index < -0.39 is 18.0 Å². The van der Waals surface area contributed by atoms with Crippen LogP contribution in [0, 0.1) is 0 Å². The minimum absolute atomic E-state index is 0.292. The van der Waals surface area contributed by atoms with Crippen molar-refractivity contribution >= 4 is 27.8 Å². The second-order valence-electron chi connectivity index (χ2n) is 2.26. The van der Waals surface area contributed by atoms with Gasteiger partial charge in [0, 0.05) is 6.42 Å². The second kappa shape index (κ2) is 9.35. The summed E-state index contributed by atoms with van der Waals surface area (Å²) in [7, 11) is 0. The maximum absolute atomic E-state index is 9.82. The number of hydrogen-bond donors (Lipinski definition) is 2. The van der Waals surface area contributed by atoms with Crippen LogP contribution in [0.5, 0.6) is 0 Å². The molecule has 5 nitrogen and oxygen atoms in total. The van der Waals surface area contributed by atoms with Crippen molar-refractivity contribution < 1.29 is 19.8 Å². The molecule has 0 aliphatic rings. The first kappa shape index (κ1) is 14.8. The molecule has 0 aromatic carbocycles. The van der Waals surface area contributed by atoms with Gasteiger partial charge in [-0.05, 0) is 6.42 Å². The van der Waals surface area contributed by atoms with Crippen molar-refractivity contribution in [3.63, 3.8) is 0 Å². The van der Waals surface area contributed by atoms with Crippen LogP contribution in [-0.4, -0.2) is 44.0 Å². The summed E-state index contributed by atoms with van der Waals surface area (Å²) in [6.07, 6.45) is 1.02. The number of aliphatic carboxylic acids is 2. The zero-order chi connectivity index (χ0) is 10.9. The van der Waals surface area contributed by atoms with E-state index in [9.17, 15) is 9.59 Å². The molecule has 0 aromatic heterocycles. The maximum Gasteiger partial charge on any atom is 0.303 e. The molecule has 0 aliphatic heterocycles. The summed E-state index contributed by atoms with van der Waals surface area (Å²) in [5, 5.41) is 16.0. The van der Waals surface area contributed by atoms with Gasteiger partial charge in [0.1, 0.15) is 0 Å². The summed E-state index contributed by atoms with van der Waals surface area (Å²) in [4.78, 5) is 19.4. The first-order valence-corrected chi connectivity index (χ1v) is 4.49. The molecule has 0 rings (SSSR count). The van der Waals surface area contributed by atoms with Crippen LogP contribution in [0.15, 0.2) is 3.96 Å². The summed E-state index contributed by atoms with van der Waals surface area (Å²) in [5.41, 5.74) is 0. The van der Waals surface area contributed by atoms with E-state index in [2.05, 4.69) is 19.8 Å². The normalized spacial score (nSPS) is 10.6. The molecule has 1 unspecified atom stereocenters. The molecule has 0 aliphatic carbocycles. The van der Waals surface area contributed by atoms with Gasteiger partial charge in [-0.2, -0.15) is 0 Å². The molecule has 0 fully saturated rings. The quantitative estimate of drug-likeness (QED) is 0.722. The molecule has 0 amide bonds. The Morgan fingerprint density at radius 1 is 1.46 bits per heavy atom. The Labute approximate surface area is 84.8 Å². The van der Waals surface area contributed by atoms with Crippen LogP contribution in [0.2, 0.25) is 0 Å². The topological polar surface area (TPSA) is 87.0 Å². The zero-order valence-electron chi connectivity index (χ0n) is 7.56. The van der Waals surface area contributed by atoms with Gasteiger partial charge in [-0.3, -0.25) is 4.79 Å². The van der Waals surface area contributed by atoms with Gasteiger partial charge in [0.25, 0.3) is 0 Å². The van der Waals surface area contributed by atoms with E-state index >= 15 is 0 Å². The van der Waals surface area contributed by atoms with Gasteiger partial charge in [-0.1, -0.05) is 6.92 Å². The zero-order valence-corrected chi connectivity index (χ0v) is 9.27. The molecule has 6 heteroatoms. The standard InChI is InChI=1S/C4H8O2.C3H5NO2Se/c1-2-3-4(5)6;1-2(4-7)3(5)6/h2-3H2,1H3,(H,5,6);2H,1H3,(H,5,6). The number of rotatable bonds is 4. The number of nitrogens with zero attached hydrogens (tertiary/aromatic N) is 1. The van der Waals surface area contributed by atoms with Gasteiger partial charge in [0.05, 0.1) is 0 Å². The SMILES string of the molecule is CC(N=[Se])C(=O)O.CCCC(=O)O. The number of carboxylic acids is 2. The molecule has 0 heterocycles. The summed E-state index contributed by atoms with van der Waals surface area (Å²) >= 11 is 2.27. The molecule has 0 spiro atoms. The molecule has 0 radical (unpaired) electrons. The van der Waals surface area contributed by atoms with Crippen LogP contribution in [0.25, 0.3) is 0 Å². The van der Waals surface area contributed by atoms with Gasteiger partial charge in [0.2, 0.25) is 0 Å². The molecule has 13 heavy (non-hydrogen) atoms. The van der Waals surface area contributed by atoms with E-state index in [0.717, 1.165) is 6.42 Å². The van der Waals surface area contributed by atoms with Gasteiger partial charge < -0.3 is 5.11 Å². The molecular formula is C7H13NO4Se. The van der Waals surface area contributed by atoms with Crippen LogP contribution in [0.1, 0.15) is 26.7 Å². The fourth-order valence-electron chi connectivity index (χ4n) is 0.259. The Hall–Kier alpha value is -0.741. The van der Waals surface area contributed by atoms with Crippen molar-refractivity contribution in [2.45, 2.75) is 32.7 Å². The molecule has 76 valence electrons. The summed E-state index contributed by atoms with van der Waals surface area (Å²) in [6, 6.07) is -0.611. The van der Waals surface area contributed by atoms with Crippen molar-refractivity contribution in [3.8, 4) is 0 Å². The molecular weight excluding hydrogens is 241 g/mol. The van der Waals surface area contributed by atoms with Crippen molar-refractivity contribution in [2.24, 2.45) is 3.96 Å². The van der Waals surface area contributed by atoms with E-state index in [4.69, 9.17) is 10.2 Å². The average Bonchev–Trinajstić information content (AvgIpc) is 2.03. The third-order valence-corrected chi connectivity index (χ3v) is 1.64. The van der Waals surface area contributed by atoms with E-state index in [1.165, 1.54) is 6.92 Å². The predicted molar refractivity (Wildman–Crippen MR) is 47.8 cm³/mol. The minimum atomic E-state index is -0.904. The molecule has 2 N–H and O–H groups in total. The second-order valence-corrected chi connectivity index (χ2v) is 2.71. The Morgan fingerprint density at radius 2 is 1.92 bits per heavy atom. The monoisotopic (exact) mass is 255 g/mol. The number of carbonyl (C=O) groups is 2. The van der Waals surface area contributed by atoms with E-state index in [0.29, 0.717) is 6.42 Å². The molecule has 1 atom stereocenters. The van der Waals surface area contributed by atoms with Gasteiger partial charge >= 0.3 is 54.6 Å². The molecule has 0 aromatic rings. The Bertz CT molecular complexity index is 183. The fourth-order valence-corrected chi connectivity index (χ4v) is 0.448. The fraction of sp³-hybridized carbons (Fsp3) is 0.714. The van der Waals surface area contributed by atoms with Crippen LogP contribution < -0.4 is 0 Å². The van der Waals surface area contributed by atoms with Crippen molar-refractivity contribution in [3.05, 3.63) is 0 Å². The molecule has 0 saturated heterocycles. The van der Waals surface area contributed by atoms with Crippen LogP contribution >= 0.6 is 0 Å². The van der Waals surface area contributed by atoms with Gasteiger partial charge in [0.15, 0.2) is 0 Å². The first-order chi connectivity index (χ1) is 5.95. The number of hydrogen-bond acceptors (Lipinski definition) is 3. The Kier molecular flexibility index (Phi) is 10.6. The summed E-state index contributed by atoms with van der Waals surface area (Å²) in [6.45, 7) is 3.34.